The van der Waals surface area contributed by atoms with E-state index in [0.717, 1.165) is 53.6 Å². The zero-order valence-corrected chi connectivity index (χ0v) is 26.8. The van der Waals surface area contributed by atoms with Crippen molar-refractivity contribution >= 4 is 23.2 Å². The number of carbonyl (C=O) groups is 1. The van der Waals surface area contributed by atoms with Gasteiger partial charge >= 0.3 is 0 Å². The van der Waals surface area contributed by atoms with Gasteiger partial charge in [-0.05, 0) is 111 Å². The molecule has 3 aromatic rings. The maximum atomic E-state index is 13.9. The molecule has 0 aromatic heterocycles. The molecular formula is C36H43ClN2O5. The van der Waals surface area contributed by atoms with E-state index in [1.165, 1.54) is 0 Å². The molecule has 3 aliphatic heterocycles. The molecule has 8 heteroatoms. The summed E-state index contributed by atoms with van der Waals surface area (Å²) in [7, 11) is 1.61. The molecule has 0 aliphatic carbocycles. The summed E-state index contributed by atoms with van der Waals surface area (Å²) in [5, 5.41) is 22.1. The van der Waals surface area contributed by atoms with Gasteiger partial charge in [-0.3, -0.25) is 9.69 Å². The van der Waals surface area contributed by atoms with Gasteiger partial charge in [-0.15, -0.1) is 0 Å². The van der Waals surface area contributed by atoms with Crippen LogP contribution in [0.3, 0.4) is 0 Å². The third-order valence-electron chi connectivity index (χ3n) is 9.90. The van der Waals surface area contributed by atoms with Crippen molar-refractivity contribution in [3.8, 4) is 11.5 Å². The molecule has 2 N–H and O–H groups in total. The number of aliphatic hydroxyl groups excluding tert-OH is 1. The number of fused-ring (bicyclic) bond motifs is 3. The van der Waals surface area contributed by atoms with Gasteiger partial charge in [-0.1, -0.05) is 35.9 Å². The highest BCUT2D eigenvalue weighted by Crippen LogP contribution is 2.47. The number of aliphatic hydroxyl groups is 2. The van der Waals surface area contributed by atoms with E-state index in [1.54, 1.807) is 7.11 Å². The Balaban J connectivity index is 1.35. The van der Waals surface area contributed by atoms with Crippen molar-refractivity contribution in [3.05, 3.63) is 87.9 Å². The monoisotopic (exact) mass is 618 g/mol. The third kappa shape index (κ3) is 5.71. The summed E-state index contributed by atoms with van der Waals surface area (Å²) >= 11 is 6.27. The van der Waals surface area contributed by atoms with Crippen LogP contribution < -0.4 is 14.4 Å². The van der Waals surface area contributed by atoms with Gasteiger partial charge in [0, 0.05) is 29.3 Å². The fraction of sp³-hybridized carbons (Fsp3) is 0.472. The average Bonchev–Trinajstić information content (AvgIpc) is 3.22. The highest BCUT2D eigenvalue weighted by Gasteiger charge is 2.46. The SMILES string of the molecule is COc1cc2c(cc1OC(C)C)C(c1ccc(Cl)cc1)N(c1ccc([C@@](C)(O)C3CC4CCC(C3)N4CCO)cc1)C(=O)C2. The van der Waals surface area contributed by atoms with Crippen LogP contribution in [0.15, 0.2) is 60.7 Å². The molecule has 2 bridgehead atoms. The molecule has 2 saturated heterocycles. The number of methoxy groups -OCH3 is 1. The van der Waals surface area contributed by atoms with E-state index < -0.39 is 11.6 Å². The van der Waals surface area contributed by atoms with Gasteiger partial charge in [0.2, 0.25) is 5.91 Å². The second-order valence-electron chi connectivity index (χ2n) is 13.0. The molecule has 3 aromatic carbocycles. The summed E-state index contributed by atoms with van der Waals surface area (Å²) in [6.45, 7) is 6.76. The summed E-state index contributed by atoms with van der Waals surface area (Å²) in [6, 6.07) is 19.8. The number of rotatable bonds is 9. The molecule has 3 unspecified atom stereocenters. The zero-order chi connectivity index (χ0) is 31.2. The quantitative estimate of drug-likeness (QED) is 0.295. The summed E-state index contributed by atoms with van der Waals surface area (Å²) in [6.07, 6.45) is 4.25. The van der Waals surface area contributed by atoms with Gasteiger partial charge < -0.3 is 24.6 Å². The van der Waals surface area contributed by atoms with E-state index in [2.05, 4.69) is 4.90 Å². The molecule has 2 fully saturated rings. The number of benzene rings is 3. The Labute approximate surface area is 265 Å². The van der Waals surface area contributed by atoms with Crippen molar-refractivity contribution in [1.82, 2.24) is 4.90 Å². The van der Waals surface area contributed by atoms with Crippen LogP contribution >= 0.6 is 11.6 Å². The highest BCUT2D eigenvalue weighted by atomic mass is 35.5. The van der Waals surface area contributed by atoms with Gasteiger partial charge in [0.15, 0.2) is 11.5 Å². The van der Waals surface area contributed by atoms with E-state index in [1.807, 2.05) is 86.3 Å². The van der Waals surface area contributed by atoms with Crippen LogP contribution in [-0.2, 0) is 16.8 Å². The number of amides is 1. The molecule has 4 atom stereocenters. The first-order valence-electron chi connectivity index (χ1n) is 15.7. The van der Waals surface area contributed by atoms with Crippen LogP contribution in [0, 0.1) is 5.92 Å². The predicted molar refractivity (Wildman–Crippen MR) is 173 cm³/mol. The smallest absolute Gasteiger partial charge is 0.232 e. The highest BCUT2D eigenvalue weighted by molar-refractivity contribution is 6.30. The summed E-state index contributed by atoms with van der Waals surface area (Å²) in [5.41, 5.74) is 3.43. The molecule has 3 aliphatic rings. The fourth-order valence-electron chi connectivity index (χ4n) is 7.74. The van der Waals surface area contributed by atoms with Crippen molar-refractivity contribution in [2.24, 2.45) is 5.92 Å². The van der Waals surface area contributed by atoms with Crippen LogP contribution in [0.25, 0.3) is 0 Å². The van der Waals surface area contributed by atoms with Gasteiger partial charge in [0.25, 0.3) is 0 Å². The Hall–Kier alpha value is -3.10. The van der Waals surface area contributed by atoms with Crippen LogP contribution in [0.1, 0.15) is 74.8 Å². The lowest BCUT2D eigenvalue weighted by Crippen LogP contribution is -2.48. The molecule has 0 saturated carbocycles. The maximum absolute atomic E-state index is 13.9. The summed E-state index contributed by atoms with van der Waals surface area (Å²) < 4.78 is 11.8. The van der Waals surface area contributed by atoms with E-state index >= 15 is 0 Å². The Morgan fingerprint density at radius 3 is 2.25 bits per heavy atom. The molecule has 7 nitrogen and oxygen atoms in total. The Bertz CT molecular complexity index is 1480. The first kappa shape index (κ1) is 30.9. The molecule has 1 amide bonds. The maximum Gasteiger partial charge on any atom is 0.232 e. The Morgan fingerprint density at radius 1 is 1.00 bits per heavy atom. The number of ether oxygens (including phenoxy) is 2. The lowest BCUT2D eigenvalue weighted by Gasteiger charge is -2.44. The number of anilines is 1. The number of hydrogen-bond acceptors (Lipinski definition) is 6. The van der Waals surface area contributed by atoms with Crippen molar-refractivity contribution in [2.75, 3.05) is 25.2 Å². The number of carbonyl (C=O) groups excluding carboxylic acids is 1. The number of nitrogens with zero attached hydrogens (tertiary/aromatic N) is 2. The second-order valence-corrected chi connectivity index (χ2v) is 13.4. The molecule has 44 heavy (non-hydrogen) atoms. The van der Waals surface area contributed by atoms with E-state index in [0.29, 0.717) is 35.2 Å². The van der Waals surface area contributed by atoms with E-state index in [-0.39, 0.29) is 31.0 Å². The van der Waals surface area contributed by atoms with Gasteiger partial charge in [-0.2, -0.15) is 0 Å². The normalized spacial score (nSPS) is 24.7. The third-order valence-corrected chi connectivity index (χ3v) is 10.2. The van der Waals surface area contributed by atoms with E-state index in [9.17, 15) is 15.0 Å². The number of hydrogen-bond donors (Lipinski definition) is 2. The fourth-order valence-corrected chi connectivity index (χ4v) is 7.86. The van der Waals surface area contributed by atoms with Crippen LogP contribution in [0.5, 0.6) is 11.5 Å². The van der Waals surface area contributed by atoms with Crippen molar-refractivity contribution < 1.29 is 24.5 Å². The second kappa shape index (κ2) is 12.4. The van der Waals surface area contributed by atoms with Gasteiger partial charge in [0.05, 0.1) is 37.9 Å². The molecular weight excluding hydrogens is 576 g/mol. The van der Waals surface area contributed by atoms with Gasteiger partial charge in [-0.25, -0.2) is 0 Å². The van der Waals surface area contributed by atoms with Crippen molar-refractivity contribution in [2.45, 2.75) is 82.7 Å². The minimum atomic E-state index is -1.00. The first-order valence-corrected chi connectivity index (χ1v) is 16.1. The van der Waals surface area contributed by atoms with Crippen LogP contribution in [-0.4, -0.2) is 59.5 Å². The molecule has 0 radical (unpaired) electrons. The topological polar surface area (TPSA) is 82.5 Å². The van der Waals surface area contributed by atoms with Crippen molar-refractivity contribution in [1.29, 1.82) is 0 Å². The lowest BCUT2D eigenvalue weighted by atomic mass is 9.75. The summed E-state index contributed by atoms with van der Waals surface area (Å²) in [4.78, 5) is 18.2. The first-order chi connectivity index (χ1) is 21.1. The minimum Gasteiger partial charge on any atom is -0.493 e. The molecule has 234 valence electrons. The molecule has 0 spiro atoms. The Morgan fingerprint density at radius 2 is 1.66 bits per heavy atom. The van der Waals surface area contributed by atoms with Crippen molar-refractivity contribution in [3.63, 3.8) is 0 Å². The zero-order valence-electron chi connectivity index (χ0n) is 26.0. The molecule has 6 rings (SSSR count). The molecule has 3 heterocycles. The summed E-state index contributed by atoms with van der Waals surface area (Å²) in [5.74, 6) is 1.35. The number of halogens is 1. The van der Waals surface area contributed by atoms with Gasteiger partial charge in [0.1, 0.15) is 0 Å². The van der Waals surface area contributed by atoms with Crippen LogP contribution in [0.4, 0.5) is 5.69 Å². The standard InChI is InChI=1S/C36H43ClN2O5/c1-22(2)44-33-21-31-24(17-32(33)43-4)18-34(41)39(35(31)23-5-9-27(37)10-6-23)28-11-7-25(8-12-28)36(3,42)26-19-29-13-14-30(20-26)38(29)15-16-40/h5-12,17,21-22,26,29-30,35,40,42H,13-16,18-20H2,1-4H3/t26?,29?,30?,35?,36-/m1/s1. The Kier molecular flexibility index (Phi) is 8.68. The predicted octanol–water partition coefficient (Wildman–Crippen LogP) is 6.26. The van der Waals surface area contributed by atoms with E-state index in [4.69, 9.17) is 21.1 Å². The number of piperidine rings is 1. The lowest BCUT2D eigenvalue weighted by molar-refractivity contribution is -0.118. The average molecular weight is 619 g/mol. The largest absolute Gasteiger partial charge is 0.493 e. The van der Waals surface area contributed by atoms with Crippen LogP contribution in [0.2, 0.25) is 5.02 Å². The minimum absolute atomic E-state index is 0.0237.